The zero-order chi connectivity index (χ0) is 25.1. The SMILES string of the molecule is COC(=O)O[C@]1(C(=O)COC(C)=O)CC[C@H]2[C@@H]3C[C@H](F)C4=CC(=O)C=C[C@]4(C)[C@H]3C(O)C[C@@]21C. The molecule has 0 aliphatic heterocycles. The van der Waals surface area contributed by atoms with Gasteiger partial charge in [0.2, 0.25) is 5.78 Å². The minimum absolute atomic E-state index is 0.0942. The number of allylic oxidation sites excluding steroid dienone is 4. The fraction of sp³-hybridized carbons (Fsp3) is 0.680. The maximum Gasteiger partial charge on any atom is 0.509 e. The molecule has 0 aromatic carbocycles. The van der Waals surface area contributed by atoms with E-state index in [0.29, 0.717) is 12.0 Å². The highest BCUT2D eigenvalue weighted by molar-refractivity contribution is 6.01. The molecule has 8 atom stereocenters. The van der Waals surface area contributed by atoms with E-state index in [1.54, 1.807) is 13.0 Å². The van der Waals surface area contributed by atoms with Crippen LogP contribution in [0.15, 0.2) is 23.8 Å². The number of aliphatic hydroxyl groups is 1. The summed E-state index contributed by atoms with van der Waals surface area (Å²) in [7, 11) is 1.13. The Hall–Kier alpha value is -2.55. The quantitative estimate of drug-likeness (QED) is 0.613. The lowest BCUT2D eigenvalue weighted by atomic mass is 9.46. The predicted molar refractivity (Wildman–Crippen MR) is 116 cm³/mol. The van der Waals surface area contributed by atoms with Gasteiger partial charge in [-0.2, -0.15) is 0 Å². The number of ether oxygens (including phenoxy) is 3. The Labute approximate surface area is 197 Å². The summed E-state index contributed by atoms with van der Waals surface area (Å²) in [5, 5.41) is 11.5. The van der Waals surface area contributed by atoms with Gasteiger partial charge in [-0.3, -0.25) is 14.4 Å². The van der Waals surface area contributed by atoms with Crippen LogP contribution in [-0.2, 0) is 28.6 Å². The first kappa shape index (κ1) is 24.6. The van der Waals surface area contributed by atoms with Gasteiger partial charge in [0.1, 0.15) is 6.17 Å². The number of hydrogen-bond acceptors (Lipinski definition) is 8. The molecule has 1 unspecified atom stereocenters. The van der Waals surface area contributed by atoms with Gasteiger partial charge in [-0.05, 0) is 55.2 Å². The molecule has 3 fully saturated rings. The van der Waals surface area contributed by atoms with Crippen molar-refractivity contribution in [2.45, 2.75) is 64.3 Å². The fourth-order valence-corrected chi connectivity index (χ4v) is 7.47. The Morgan fingerprint density at radius 3 is 2.62 bits per heavy atom. The Kier molecular flexibility index (Phi) is 5.99. The molecule has 4 rings (SSSR count). The van der Waals surface area contributed by atoms with E-state index in [0.717, 1.165) is 7.11 Å². The van der Waals surface area contributed by atoms with Crippen LogP contribution >= 0.6 is 0 Å². The number of hydrogen-bond donors (Lipinski definition) is 1. The molecule has 9 heteroatoms. The van der Waals surface area contributed by atoms with Gasteiger partial charge in [-0.25, -0.2) is 9.18 Å². The normalized spacial score (nSPS) is 42.6. The van der Waals surface area contributed by atoms with Crippen LogP contribution in [0.25, 0.3) is 0 Å². The number of ketones is 2. The smallest absolute Gasteiger partial charge is 0.458 e. The molecule has 186 valence electrons. The van der Waals surface area contributed by atoms with Gasteiger partial charge in [0.15, 0.2) is 18.0 Å². The van der Waals surface area contributed by atoms with E-state index in [2.05, 4.69) is 0 Å². The van der Waals surface area contributed by atoms with Crippen molar-refractivity contribution in [3.05, 3.63) is 23.8 Å². The van der Waals surface area contributed by atoms with E-state index in [1.165, 1.54) is 19.1 Å². The first-order chi connectivity index (χ1) is 15.9. The predicted octanol–water partition coefficient (Wildman–Crippen LogP) is 2.87. The van der Waals surface area contributed by atoms with Crippen LogP contribution in [0.2, 0.25) is 0 Å². The highest BCUT2D eigenvalue weighted by Gasteiger charge is 2.71. The second-order valence-corrected chi connectivity index (χ2v) is 10.4. The van der Waals surface area contributed by atoms with Crippen LogP contribution in [0.1, 0.15) is 46.5 Å². The van der Waals surface area contributed by atoms with E-state index < -0.39 is 53.2 Å². The zero-order valence-electron chi connectivity index (χ0n) is 19.8. The van der Waals surface area contributed by atoms with Gasteiger partial charge in [-0.15, -0.1) is 0 Å². The summed E-state index contributed by atoms with van der Waals surface area (Å²) in [6.45, 7) is 4.21. The Balaban J connectivity index is 1.76. The lowest BCUT2D eigenvalue weighted by Gasteiger charge is -2.60. The largest absolute Gasteiger partial charge is 0.509 e. The van der Waals surface area contributed by atoms with Gasteiger partial charge in [-0.1, -0.05) is 19.9 Å². The summed E-state index contributed by atoms with van der Waals surface area (Å²) in [6.07, 6.45) is 1.88. The lowest BCUT2D eigenvalue weighted by molar-refractivity contribution is -0.187. The number of carbonyl (C=O) groups excluding carboxylic acids is 4. The number of fused-ring (bicyclic) bond motifs is 5. The van der Waals surface area contributed by atoms with Gasteiger partial charge in [0, 0.05) is 23.7 Å². The Morgan fingerprint density at radius 2 is 1.97 bits per heavy atom. The van der Waals surface area contributed by atoms with Crippen molar-refractivity contribution in [1.29, 1.82) is 0 Å². The fourth-order valence-electron chi connectivity index (χ4n) is 7.47. The summed E-state index contributed by atoms with van der Waals surface area (Å²) in [6, 6.07) is 0. The molecule has 0 amide bonds. The Morgan fingerprint density at radius 1 is 1.26 bits per heavy atom. The van der Waals surface area contributed by atoms with Gasteiger partial charge < -0.3 is 19.3 Å². The number of alkyl halides is 1. The van der Waals surface area contributed by atoms with Gasteiger partial charge >= 0.3 is 12.1 Å². The first-order valence-corrected chi connectivity index (χ1v) is 11.6. The number of halogens is 1. The van der Waals surface area contributed by atoms with Crippen LogP contribution in [0.5, 0.6) is 0 Å². The highest BCUT2D eigenvalue weighted by atomic mass is 19.1. The van der Waals surface area contributed by atoms with Gasteiger partial charge in [0.25, 0.3) is 0 Å². The summed E-state index contributed by atoms with van der Waals surface area (Å²) in [5.41, 5.74) is -3.18. The lowest BCUT2D eigenvalue weighted by Crippen LogP contribution is -2.64. The molecule has 0 saturated heterocycles. The molecule has 1 N–H and O–H groups in total. The molecule has 4 aliphatic rings. The van der Waals surface area contributed by atoms with Gasteiger partial charge in [0.05, 0.1) is 13.2 Å². The maximum atomic E-state index is 15.5. The molecule has 3 saturated carbocycles. The van der Waals surface area contributed by atoms with Crippen LogP contribution in [0, 0.1) is 28.6 Å². The van der Waals surface area contributed by atoms with Crippen molar-refractivity contribution in [3.63, 3.8) is 0 Å². The van der Waals surface area contributed by atoms with Crippen molar-refractivity contribution in [3.8, 4) is 0 Å². The molecule has 34 heavy (non-hydrogen) atoms. The number of methoxy groups -OCH3 is 1. The molecular weight excluding hydrogens is 447 g/mol. The summed E-state index contributed by atoms with van der Waals surface area (Å²) < 4.78 is 30.7. The summed E-state index contributed by atoms with van der Waals surface area (Å²) >= 11 is 0. The highest BCUT2D eigenvalue weighted by Crippen LogP contribution is 2.68. The third kappa shape index (κ3) is 3.42. The van der Waals surface area contributed by atoms with Crippen molar-refractivity contribution >= 4 is 23.7 Å². The van der Waals surface area contributed by atoms with Crippen molar-refractivity contribution in [1.82, 2.24) is 0 Å². The number of aliphatic hydroxyl groups excluding tert-OH is 1. The number of Topliss-reactive ketones (excluding diaryl/α,β-unsaturated/α-hetero) is 1. The molecule has 0 spiro atoms. The summed E-state index contributed by atoms with van der Waals surface area (Å²) in [4.78, 5) is 49.0. The second-order valence-electron chi connectivity index (χ2n) is 10.4. The third-order valence-electron chi connectivity index (χ3n) is 8.88. The maximum absolute atomic E-state index is 15.5. The monoisotopic (exact) mass is 478 g/mol. The van der Waals surface area contributed by atoms with Crippen molar-refractivity contribution in [2.24, 2.45) is 28.6 Å². The van der Waals surface area contributed by atoms with Crippen LogP contribution in [0.4, 0.5) is 9.18 Å². The molecule has 0 aromatic heterocycles. The van der Waals surface area contributed by atoms with E-state index in [1.807, 2.05) is 6.92 Å². The van der Waals surface area contributed by atoms with Crippen molar-refractivity contribution < 1.29 is 42.9 Å². The molecule has 0 aromatic rings. The minimum Gasteiger partial charge on any atom is -0.458 e. The van der Waals surface area contributed by atoms with Crippen LogP contribution in [-0.4, -0.2) is 60.4 Å². The molecule has 0 bridgehead atoms. The number of carbonyl (C=O) groups is 4. The van der Waals surface area contributed by atoms with E-state index >= 15 is 4.39 Å². The topological polar surface area (TPSA) is 116 Å². The molecular formula is C25H31FO8. The second kappa shape index (κ2) is 8.29. The molecule has 0 heterocycles. The van der Waals surface area contributed by atoms with Crippen LogP contribution in [0.3, 0.4) is 0 Å². The number of esters is 1. The first-order valence-electron chi connectivity index (χ1n) is 11.6. The molecule has 0 radical (unpaired) electrons. The number of rotatable bonds is 4. The summed E-state index contributed by atoms with van der Waals surface area (Å²) in [5.74, 6) is -2.46. The van der Waals surface area contributed by atoms with E-state index in [-0.39, 0.29) is 42.8 Å². The zero-order valence-corrected chi connectivity index (χ0v) is 19.8. The van der Waals surface area contributed by atoms with Crippen molar-refractivity contribution in [2.75, 3.05) is 13.7 Å². The third-order valence-corrected chi connectivity index (χ3v) is 8.88. The Bertz CT molecular complexity index is 987. The van der Waals surface area contributed by atoms with E-state index in [4.69, 9.17) is 14.2 Å². The minimum atomic E-state index is -1.69. The van der Waals surface area contributed by atoms with E-state index in [9.17, 15) is 24.3 Å². The van der Waals surface area contributed by atoms with Crippen LogP contribution < -0.4 is 0 Å². The average molecular weight is 479 g/mol. The molecule has 4 aliphatic carbocycles. The standard InChI is InChI=1S/C25H31FO8/c1-13(27)33-12-20(30)25(34-22(31)32-4)8-6-16-15-10-18(26)17-9-14(28)5-7-23(17,2)21(15)19(29)11-24(16,25)3/h5,7,9,15-16,18-19,21,29H,6,8,10-12H2,1-4H3/t15-,16-,18-,19?,21+,23-,24-,25-/m0/s1. The average Bonchev–Trinajstić information content (AvgIpc) is 3.05. The molecule has 8 nitrogen and oxygen atoms in total.